The Kier molecular flexibility index (Phi) is 7.57. The lowest BCUT2D eigenvalue weighted by atomic mass is 10.00. The first kappa shape index (κ1) is 26.0. The van der Waals surface area contributed by atoms with Crippen LogP contribution in [0.4, 0.5) is 22.0 Å². The van der Waals surface area contributed by atoms with Gasteiger partial charge in [0.25, 0.3) is 11.8 Å². The number of benzene rings is 2. The Bertz CT molecular complexity index is 1200. The maximum absolute atomic E-state index is 15.0. The zero-order valence-electron chi connectivity index (χ0n) is 18.4. The molecule has 0 spiro atoms. The Balaban J connectivity index is 1.84. The SMILES string of the molecule is Cc1ccc(C(F)(F)CN(C)C(=O)c2cc(Cl)ncc2Sc2ccc(C(F)(F)F)cc2)c(C)c1. The van der Waals surface area contributed by atoms with Gasteiger partial charge in [0.15, 0.2) is 0 Å². The van der Waals surface area contributed by atoms with Crippen molar-refractivity contribution in [3.05, 3.63) is 87.7 Å². The van der Waals surface area contributed by atoms with Gasteiger partial charge in [-0.3, -0.25) is 4.79 Å². The summed E-state index contributed by atoms with van der Waals surface area (Å²) in [5, 5.41) is -0.0188. The van der Waals surface area contributed by atoms with E-state index in [9.17, 15) is 18.0 Å². The van der Waals surface area contributed by atoms with Crippen LogP contribution >= 0.6 is 23.4 Å². The molecule has 3 aromatic rings. The molecule has 1 amide bonds. The number of pyridine rings is 1. The van der Waals surface area contributed by atoms with E-state index in [0.29, 0.717) is 10.5 Å². The van der Waals surface area contributed by atoms with E-state index in [4.69, 9.17) is 11.6 Å². The van der Waals surface area contributed by atoms with E-state index in [-0.39, 0.29) is 21.2 Å². The fourth-order valence-corrected chi connectivity index (χ4v) is 4.43. The number of nitrogens with zero attached hydrogens (tertiary/aromatic N) is 2. The van der Waals surface area contributed by atoms with Crippen molar-refractivity contribution in [3.63, 3.8) is 0 Å². The first-order valence-electron chi connectivity index (χ1n) is 9.99. The quantitative estimate of drug-likeness (QED) is 0.254. The Morgan fingerprint density at radius 1 is 1.03 bits per heavy atom. The van der Waals surface area contributed by atoms with Crippen molar-refractivity contribution in [3.8, 4) is 0 Å². The number of likely N-dealkylation sites (N-methyl/N-ethyl adjacent to an activating group) is 1. The molecule has 34 heavy (non-hydrogen) atoms. The van der Waals surface area contributed by atoms with Crippen LogP contribution in [-0.2, 0) is 12.1 Å². The van der Waals surface area contributed by atoms with Crippen LogP contribution in [0.2, 0.25) is 5.15 Å². The molecule has 0 fully saturated rings. The molecule has 0 radical (unpaired) electrons. The van der Waals surface area contributed by atoms with Crippen LogP contribution in [-0.4, -0.2) is 29.4 Å². The number of aromatic nitrogens is 1. The summed E-state index contributed by atoms with van der Waals surface area (Å²) >= 11 is 6.92. The summed E-state index contributed by atoms with van der Waals surface area (Å²) in [6.45, 7) is 2.51. The molecule has 1 heterocycles. The van der Waals surface area contributed by atoms with Crippen molar-refractivity contribution in [2.24, 2.45) is 0 Å². The number of alkyl halides is 5. The van der Waals surface area contributed by atoms with E-state index in [0.717, 1.165) is 34.4 Å². The number of aryl methyl sites for hydroxylation is 2. The van der Waals surface area contributed by atoms with Crippen LogP contribution in [0.3, 0.4) is 0 Å². The minimum absolute atomic E-state index is 0.0174. The first-order chi connectivity index (χ1) is 15.8. The molecule has 0 aliphatic carbocycles. The van der Waals surface area contributed by atoms with Crippen LogP contribution in [0.15, 0.2) is 64.5 Å². The Morgan fingerprint density at radius 3 is 2.26 bits per heavy atom. The van der Waals surface area contributed by atoms with E-state index >= 15 is 8.78 Å². The summed E-state index contributed by atoms with van der Waals surface area (Å²) in [7, 11) is 1.25. The van der Waals surface area contributed by atoms with Gasteiger partial charge in [-0.25, -0.2) is 4.98 Å². The molecule has 1 aromatic heterocycles. The highest BCUT2D eigenvalue weighted by Crippen LogP contribution is 2.36. The number of carbonyl (C=O) groups excluding carboxylic acids is 1. The minimum atomic E-state index is -4.48. The lowest BCUT2D eigenvalue weighted by molar-refractivity contribution is -0.137. The van der Waals surface area contributed by atoms with Gasteiger partial charge in [-0.1, -0.05) is 47.1 Å². The highest BCUT2D eigenvalue weighted by atomic mass is 35.5. The molecule has 0 aliphatic rings. The largest absolute Gasteiger partial charge is 0.416 e. The Morgan fingerprint density at radius 2 is 1.68 bits per heavy atom. The molecule has 180 valence electrons. The second-order valence-electron chi connectivity index (χ2n) is 7.81. The number of rotatable bonds is 6. The van der Waals surface area contributed by atoms with Gasteiger partial charge in [0.2, 0.25) is 0 Å². The molecule has 0 unspecified atom stereocenters. The van der Waals surface area contributed by atoms with E-state index in [2.05, 4.69) is 4.98 Å². The molecule has 0 atom stereocenters. The van der Waals surface area contributed by atoms with Gasteiger partial charge < -0.3 is 4.90 Å². The van der Waals surface area contributed by atoms with Gasteiger partial charge in [0, 0.05) is 28.6 Å². The molecule has 3 rings (SSSR count). The van der Waals surface area contributed by atoms with Crippen molar-refractivity contribution in [2.75, 3.05) is 13.6 Å². The third kappa shape index (κ3) is 6.07. The zero-order chi connectivity index (χ0) is 25.3. The Labute approximate surface area is 202 Å². The molecule has 0 bridgehead atoms. The van der Waals surface area contributed by atoms with Gasteiger partial charge in [0.05, 0.1) is 17.7 Å². The monoisotopic (exact) mass is 514 g/mol. The second-order valence-corrected chi connectivity index (χ2v) is 9.31. The molecular formula is C24H20ClF5N2OS. The van der Waals surface area contributed by atoms with E-state index < -0.39 is 30.1 Å². The van der Waals surface area contributed by atoms with Crippen molar-refractivity contribution in [1.82, 2.24) is 9.88 Å². The van der Waals surface area contributed by atoms with Gasteiger partial charge >= 0.3 is 6.18 Å². The number of hydrogen-bond donors (Lipinski definition) is 0. The van der Waals surface area contributed by atoms with Crippen LogP contribution in [0.1, 0.15) is 32.6 Å². The van der Waals surface area contributed by atoms with Crippen molar-refractivity contribution in [1.29, 1.82) is 0 Å². The third-order valence-corrected chi connectivity index (χ3v) is 6.29. The fraction of sp³-hybridized carbons (Fsp3) is 0.250. The minimum Gasteiger partial charge on any atom is -0.335 e. The summed E-state index contributed by atoms with van der Waals surface area (Å²) in [5.41, 5.74) is 0.290. The summed E-state index contributed by atoms with van der Waals surface area (Å²) in [6, 6.07) is 10.2. The summed E-state index contributed by atoms with van der Waals surface area (Å²) < 4.78 is 68.4. The average Bonchev–Trinajstić information content (AvgIpc) is 2.73. The molecule has 0 saturated carbocycles. The number of amides is 1. The summed E-state index contributed by atoms with van der Waals surface area (Å²) in [6.07, 6.45) is -3.19. The predicted octanol–water partition coefficient (Wildman–Crippen LogP) is 7.39. The molecule has 0 N–H and O–H groups in total. The van der Waals surface area contributed by atoms with Crippen LogP contribution in [0.5, 0.6) is 0 Å². The third-order valence-electron chi connectivity index (χ3n) is 5.03. The van der Waals surface area contributed by atoms with E-state index in [1.165, 1.54) is 37.5 Å². The van der Waals surface area contributed by atoms with E-state index in [1.807, 2.05) is 0 Å². The van der Waals surface area contributed by atoms with Gasteiger partial charge in [-0.15, -0.1) is 0 Å². The molecule has 3 nitrogen and oxygen atoms in total. The van der Waals surface area contributed by atoms with Crippen molar-refractivity contribution < 1.29 is 26.7 Å². The molecule has 2 aromatic carbocycles. The number of carbonyl (C=O) groups is 1. The first-order valence-corrected chi connectivity index (χ1v) is 11.2. The smallest absolute Gasteiger partial charge is 0.335 e. The zero-order valence-corrected chi connectivity index (χ0v) is 20.0. The molecule has 0 saturated heterocycles. The lowest BCUT2D eigenvalue weighted by Crippen LogP contribution is -2.37. The summed E-state index contributed by atoms with van der Waals surface area (Å²) in [5.74, 6) is -4.03. The van der Waals surface area contributed by atoms with Crippen LogP contribution < -0.4 is 0 Å². The van der Waals surface area contributed by atoms with Gasteiger partial charge in [0.1, 0.15) is 5.15 Å². The maximum Gasteiger partial charge on any atom is 0.416 e. The number of hydrogen-bond acceptors (Lipinski definition) is 3. The van der Waals surface area contributed by atoms with Crippen molar-refractivity contribution in [2.45, 2.75) is 35.7 Å². The second kappa shape index (κ2) is 9.92. The highest BCUT2D eigenvalue weighted by molar-refractivity contribution is 7.99. The topological polar surface area (TPSA) is 33.2 Å². The highest BCUT2D eigenvalue weighted by Gasteiger charge is 2.36. The van der Waals surface area contributed by atoms with Gasteiger partial charge in [-0.05, 0) is 49.7 Å². The average molecular weight is 515 g/mol. The Hall–Kier alpha value is -2.65. The van der Waals surface area contributed by atoms with Crippen LogP contribution in [0, 0.1) is 13.8 Å². The molecular weight excluding hydrogens is 495 g/mol. The van der Waals surface area contributed by atoms with Gasteiger partial charge in [-0.2, -0.15) is 22.0 Å². The standard InChI is InChI=1S/C24H20ClF5N2OS/c1-14-4-9-19(15(2)10-14)23(26,27)13-32(3)22(33)18-11-21(25)31-12-20(18)34-17-7-5-16(6-8-17)24(28,29)30/h4-12H,13H2,1-3H3. The molecule has 0 aliphatic heterocycles. The predicted molar refractivity (Wildman–Crippen MR) is 122 cm³/mol. The number of halogens is 6. The normalized spacial score (nSPS) is 12.0. The van der Waals surface area contributed by atoms with Crippen molar-refractivity contribution >= 4 is 29.3 Å². The summed E-state index contributed by atoms with van der Waals surface area (Å²) in [4.78, 5) is 18.6. The van der Waals surface area contributed by atoms with E-state index in [1.54, 1.807) is 26.0 Å². The van der Waals surface area contributed by atoms with Crippen LogP contribution in [0.25, 0.3) is 0 Å². The lowest BCUT2D eigenvalue weighted by Gasteiger charge is -2.26. The molecule has 10 heteroatoms. The maximum atomic E-state index is 15.0. The fourth-order valence-electron chi connectivity index (χ4n) is 3.39.